The van der Waals surface area contributed by atoms with E-state index in [1.807, 2.05) is 6.07 Å². The average Bonchev–Trinajstić information content (AvgIpc) is 2.53. The molecule has 6 heteroatoms. The van der Waals surface area contributed by atoms with Crippen LogP contribution in [0.4, 0.5) is 11.5 Å². The molecule has 2 aromatic rings. The molecule has 116 valence electrons. The molecule has 0 spiro atoms. The summed E-state index contributed by atoms with van der Waals surface area (Å²) in [6, 6.07) is 8.73. The number of pyridine rings is 1. The maximum Gasteiger partial charge on any atom is 0.257 e. The molecular formula is C16H18ClN3O2. The summed E-state index contributed by atoms with van der Waals surface area (Å²) >= 11 is 6.13. The minimum Gasteiger partial charge on any atom is -0.497 e. The van der Waals surface area contributed by atoms with Crippen LogP contribution in [0.3, 0.4) is 0 Å². The summed E-state index contributed by atoms with van der Waals surface area (Å²) in [6.07, 6.45) is 2.47. The fourth-order valence-electron chi connectivity index (χ4n) is 1.84. The zero-order valence-corrected chi connectivity index (χ0v) is 13.3. The van der Waals surface area contributed by atoms with Gasteiger partial charge >= 0.3 is 0 Å². The van der Waals surface area contributed by atoms with Gasteiger partial charge in [-0.15, -0.1) is 0 Å². The fraction of sp³-hybridized carbons (Fsp3) is 0.250. The number of hydrogen-bond donors (Lipinski definition) is 2. The van der Waals surface area contributed by atoms with Gasteiger partial charge in [0, 0.05) is 24.5 Å². The number of carbonyl (C=O) groups excluding carboxylic acids is 1. The Morgan fingerprint density at radius 2 is 2.18 bits per heavy atom. The molecule has 2 N–H and O–H groups in total. The average molecular weight is 320 g/mol. The third-order valence-electron chi connectivity index (χ3n) is 2.97. The van der Waals surface area contributed by atoms with Crippen LogP contribution in [0, 0.1) is 0 Å². The van der Waals surface area contributed by atoms with Gasteiger partial charge in [0.1, 0.15) is 11.6 Å². The van der Waals surface area contributed by atoms with E-state index >= 15 is 0 Å². The summed E-state index contributed by atoms with van der Waals surface area (Å²) in [4.78, 5) is 16.4. The third kappa shape index (κ3) is 4.11. The highest BCUT2D eigenvalue weighted by atomic mass is 35.5. The number of hydrogen-bond acceptors (Lipinski definition) is 4. The number of nitrogens with zero attached hydrogens (tertiary/aromatic N) is 1. The zero-order chi connectivity index (χ0) is 15.9. The van der Waals surface area contributed by atoms with Gasteiger partial charge in [0.2, 0.25) is 0 Å². The summed E-state index contributed by atoms with van der Waals surface area (Å²) in [5.74, 6) is 0.985. The van der Waals surface area contributed by atoms with Crippen LogP contribution in [0.1, 0.15) is 23.7 Å². The predicted molar refractivity (Wildman–Crippen MR) is 89.0 cm³/mol. The Bertz CT molecular complexity index is 662. The van der Waals surface area contributed by atoms with E-state index in [9.17, 15) is 4.79 Å². The number of methoxy groups -OCH3 is 1. The molecule has 1 aromatic heterocycles. The minimum absolute atomic E-state index is 0.273. The van der Waals surface area contributed by atoms with Crippen molar-refractivity contribution < 1.29 is 9.53 Å². The van der Waals surface area contributed by atoms with E-state index in [1.165, 1.54) is 6.20 Å². The lowest BCUT2D eigenvalue weighted by Crippen LogP contribution is -2.13. The number of amides is 1. The van der Waals surface area contributed by atoms with Crippen LogP contribution in [-0.4, -0.2) is 24.5 Å². The largest absolute Gasteiger partial charge is 0.497 e. The second-order valence-corrected chi connectivity index (χ2v) is 5.07. The van der Waals surface area contributed by atoms with Crippen molar-refractivity contribution in [3.8, 4) is 5.75 Å². The summed E-state index contributed by atoms with van der Waals surface area (Å²) in [5, 5.41) is 6.31. The van der Waals surface area contributed by atoms with Crippen LogP contribution < -0.4 is 15.4 Å². The van der Waals surface area contributed by atoms with Gasteiger partial charge in [-0.25, -0.2) is 4.98 Å². The molecule has 0 saturated heterocycles. The van der Waals surface area contributed by atoms with E-state index in [-0.39, 0.29) is 5.91 Å². The number of nitrogens with one attached hydrogen (secondary N) is 2. The van der Waals surface area contributed by atoms with Crippen LogP contribution in [0.25, 0.3) is 0 Å². The van der Waals surface area contributed by atoms with Crippen LogP contribution in [0.5, 0.6) is 5.75 Å². The Balaban J connectivity index is 2.10. The number of carbonyl (C=O) groups is 1. The molecule has 0 aliphatic rings. The van der Waals surface area contributed by atoms with Gasteiger partial charge in [-0.3, -0.25) is 4.79 Å². The minimum atomic E-state index is -0.273. The van der Waals surface area contributed by atoms with E-state index in [0.29, 0.717) is 27.8 Å². The van der Waals surface area contributed by atoms with Gasteiger partial charge < -0.3 is 15.4 Å². The normalized spacial score (nSPS) is 10.1. The molecule has 2 rings (SSSR count). The van der Waals surface area contributed by atoms with Crippen LogP contribution >= 0.6 is 11.6 Å². The van der Waals surface area contributed by atoms with Crippen molar-refractivity contribution in [3.63, 3.8) is 0 Å². The van der Waals surface area contributed by atoms with Crippen molar-refractivity contribution in [2.45, 2.75) is 13.3 Å². The second kappa shape index (κ2) is 7.66. The third-order valence-corrected chi connectivity index (χ3v) is 3.26. The topological polar surface area (TPSA) is 63.2 Å². The molecule has 1 amide bonds. The monoisotopic (exact) mass is 319 g/mol. The lowest BCUT2D eigenvalue weighted by Gasteiger charge is -2.09. The molecule has 1 aromatic carbocycles. The molecular weight excluding hydrogens is 302 g/mol. The van der Waals surface area contributed by atoms with E-state index in [1.54, 1.807) is 31.4 Å². The van der Waals surface area contributed by atoms with Crippen molar-refractivity contribution in [2.24, 2.45) is 0 Å². The van der Waals surface area contributed by atoms with Crippen LogP contribution in [0.15, 0.2) is 36.5 Å². The van der Waals surface area contributed by atoms with Gasteiger partial charge in [0.25, 0.3) is 5.91 Å². The van der Waals surface area contributed by atoms with Crippen molar-refractivity contribution in [2.75, 3.05) is 24.3 Å². The highest BCUT2D eigenvalue weighted by Gasteiger charge is 2.10. The van der Waals surface area contributed by atoms with Gasteiger partial charge in [-0.1, -0.05) is 24.6 Å². The van der Waals surface area contributed by atoms with E-state index in [4.69, 9.17) is 16.3 Å². The van der Waals surface area contributed by atoms with Gasteiger partial charge in [0.15, 0.2) is 0 Å². The van der Waals surface area contributed by atoms with Crippen molar-refractivity contribution in [1.82, 2.24) is 4.98 Å². The first kappa shape index (κ1) is 16.1. The van der Waals surface area contributed by atoms with E-state index in [2.05, 4.69) is 22.5 Å². The summed E-state index contributed by atoms with van der Waals surface area (Å²) in [7, 11) is 1.58. The smallest absolute Gasteiger partial charge is 0.257 e. The molecule has 0 bridgehead atoms. The maximum atomic E-state index is 12.2. The van der Waals surface area contributed by atoms with Crippen LogP contribution in [0.2, 0.25) is 5.02 Å². The van der Waals surface area contributed by atoms with Crippen molar-refractivity contribution >= 4 is 29.0 Å². The quantitative estimate of drug-likeness (QED) is 0.849. The molecule has 0 fully saturated rings. The first-order valence-corrected chi connectivity index (χ1v) is 7.36. The second-order valence-electron chi connectivity index (χ2n) is 4.67. The Morgan fingerprint density at radius 3 is 2.86 bits per heavy atom. The Morgan fingerprint density at radius 1 is 1.36 bits per heavy atom. The van der Waals surface area contributed by atoms with Gasteiger partial charge in [-0.05, 0) is 24.6 Å². The Labute approximate surface area is 134 Å². The Hall–Kier alpha value is -2.27. The van der Waals surface area contributed by atoms with Crippen molar-refractivity contribution in [3.05, 3.63) is 47.1 Å². The number of rotatable bonds is 6. The summed E-state index contributed by atoms with van der Waals surface area (Å²) in [6.45, 7) is 2.83. The molecule has 0 unspecified atom stereocenters. The highest BCUT2D eigenvalue weighted by Crippen LogP contribution is 2.22. The predicted octanol–water partition coefficient (Wildman–Crippen LogP) is 3.82. The Kier molecular flexibility index (Phi) is 5.61. The molecule has 0 radical (unpaired) electrons. The summed E-state index contributed by atoms with van der Waals surface area (Å²) < 4.78 is 5.12. The standard InChI is InChI=1S/C16H18ClN3O2/c1-3-7-18-15-14(17)8-11(10-19-15)16(21)20-12-5-4-6-13(9-12)22-2/h4-6,8-10H,3,7H2,1-2H3,(H,18,19)(H,20,21). The number of aromatic nitrogens is 1. The molecule has 0 aliphatic heterocycles. The SMILES string of the molecule is CCCNc1ncc(C(=O)Nc2cccc(OC)c2)cc1Cl. The maximum absolute atomic E-state index is 12.2. The number of ether oxygens (including phenoxy) is 1. The lowest BCUT2D eigenvalue weighted by molar-refractivity contribution is 0.102. The number of benzene rings is 1. The first-order valence-electron chi connectivity index (χ1n) is 6.99. The van der Waals surface area contributed by atoms with Gasteiger partial charge in [0.05, 0.1) is 17.7 Å². The fourth-order valence-corrected chi connectivity index (χ4v) is 2.07. The molecule has 1 heterocycles. The van der Waals surface area contributed by atoms with E-state index < -0.39 is 0 Å². The zero-order valence-electron chi connectivity index (χ0n) is 12.5. The van der Waals surface area contributed by atoms with Crippen molar-refractivity contribution in [1.29, 1.82) is 0 Å². The first-order chi connectivity index (χ1) is 10.6. The molecule has 0 saturated carbocycles. The lowest BCUT2D eigenvalue weighted by atomic mass is 10.2. The van der Waals surface area contributed by atoms with E-state index in [0.717, 1.165) is 13.0 Å². The molecule has 22 heavy (non-hydrogen) atoms. The van der Waals surface area contributed by atoms with Crippen LogP contribution in [-0.2, 0) is 0 Å². The number of anilines is 2. The van der Waals surface area contributed by atoms with Gasteiger partial charge in [-0.2, -0.15) is 0 Å². The molecule has 0 atom stereocenters. The summed E-state index contributed by atoms with van der Waals surface area (Å²) in [5.41, 5.74) is 1.04. The molecule has 0 aliphatic carbocycles. The number of halogens is 1. The highest BCUT2D eigenvalue weighted by molar-refractivity contribution is 6.33. The molecule has 5 nitrogen and oxygen atoms in total.